The Balaban J connectivity index is 1.60. The molecule has 2 amide bonds. The van der Waals surface area contributed by atoms with Crippen LogP contribution in [0.4, 0.5) is 14.6 Å². The van der Waals surface area contributed by atoms with Crippen molar-refractivity contribution in [1.82, 2.24) is 19.7 Å². The highest BCUT2D eigenvalue weighted by atomic mass is 19.1. The Morgan fingerprint density at radius 3 is 2.43 bits per heavy atom. The first kappa shape index (κ1) is 23.7. The third-order valence-electron chi connectivity index (χ3n) is 5.74. The van der Waals surface area contributed by atoms with Crippen LogP contribution < -0.4 is 11.1 Å². The zero-order valence-electron chi connectivity index (χ0n) is 19.4. The number of nitrogens with two attached hydrogens (primary N) is 1. The quantitative estimate of drug-likeness (QED) is 0.346. The van der Waals surface area contributed by atoms with Crippen molar-refractivity contribution in [3.05, 3.63) is 102 Å². The van der Waals surface area contributed by atoms with Gasteiger partial charge in [-0.1, -0.05) is 24.3 Å². The van der Waals surface area contributed by atoms with Gasteiger partial charge >= 0.3 is 0 Å². The standard InChI is InChI=1S/C27H20F2N6O2/c28-15-17-13-22(29)21(14-20(17)25-31-9-4-10-32-25)27(37)33-26-19-8-7-16(12-24(30)36)11-23(19)34-35(26)18-5-2-1-3-6-18/h1-11,13-14H,12,15H2,(H2,30,36)(H,33,37). The topological polar surface area (TPSA) is 116 Å². The van der Waals surface area contributed by atoms with E-state index in [0.29, 0.717) is 28.0 Å². The largest absolute Gasteiger partial charge is 0.369 e. The maximum Gasteiger partial charge on any atom is 0.259 e. The van der Waals surface area contributed by atoms with Crippen LogP contribution in [0.1, 0.15) is 21.5 Å². The Bertz CT molecular complexity index is 1620. The first-order valence-corrected chi connectivity index (χ1v) is 11.3. The lowest BCUT2D eigenvalue weighted by atomic mass is 10.0. The fraction of sp³-hybridized carbons (Fsp3) is 0.0741. The molecule has 2 aromatic heterocycles. The molecule has 2 heterocycles. The summed E-state index contributed by atoms with van der Waals surface area (Å²) in [5.41, 5.74) is 7.08. The van der Waals surface area contributed by atoms with E-state index in [1.165, 1.54) is 23.1 Å². The highest BCUT2D eigenvalue weighted by molar-refractivity contribution is 6.09. The molecule has 0 aliphatic carbocycles. The Morgan fingerprint density at radius 2 is 1.73 bits per heavy atom. The minimum absolute atomic E-state index is 0.0296. The van der Waals surface area contributed by atoms with E-state index < -0.39 is 24.3 Å². The van der Waals surface area contributed by atoms with Crippen LogP contribution in [0.5, 0.6) is 0 Å². The number of halogens is 2. The second kappa shape index (κ2) is 9.94. The van der Waals surface area contributed by atoms with Crippen molar-refractivity contribution < 1.29 is 18.4 Å². The van der Waals surface area contributed by atoms with Crippen molar-refractivity contribution >= 4 is 28.5 Å². The summed E-state index contributed by atoms with van der Waals surface area (Å²) < 4.78 is 30.2. The summed E-state index contributed by atoms with van der Waals surface area (Å²) in [5.74, 6) is -1.67. The molecule has 5 rings (SSSR count). The lowest BCUT2D eigenvalue weighted by Gasteiger charge is -2.12. The number of fused-ring (bicyclic) bond motifs is 1. The number of alkyl halides is 1. The average molecular weight is 498 g/mol. The summed E-state index contributed by atoms with van der Waals surface area (Å²) in [4.78, 5) is 33.0. The zero-order valence-corrected chi connectivity index (χ0v) is 19.4. The number of aromatic nitrogens is 4. The molecule has 0 aliphatic rings. The fourth-order valence-corrected chi connectivity index (χ4v) is 4.04. The molecule has 8 nitrogen and oxygen atoms in total. The van der Waals surface area contributed by atoms with Crippen LogP contribution in [-0.2, 0) is 17.9 Å². The van der Waals surface area contributed by atoms with Crippen LogP contribution in [-0.4, -0.2) is 31.6 Å². The monoisotopic (exact) mass is 498 g/mol. The van der Waals surface area contributed by atoms with Crippen LogP contribution in [0, 0.1) is 5.82 Å². The number of benzene rings is 3. The van der Waals surface area contributed by atoms with E-state index >= 15 is 0 Å². The summed E-state index contributed by atoms with van der Waals surface area (Å²) >= 11 is 0. The van der Waals surface area contributed by atoms with Crippen LogP contribution in [0.25, 0.3) is 28.0 Å². The zero-order chi connectivity index (χ0) is 25.9. The number of carbonyl (C=O) groups excluding carboxylic acids is 2. The lowest BCUT2D eigenvalue weighted by molar-refractivity contribution is -0.117. The maximum absolute atomic E-state index is 15.0. The molecular formula is C27H20F2N6O2. The number of hydrogen-bond donors (Lipinski definition) is 2. The van der Waals surface area contributed by atoms with Crippen molar-refractivity contribution in [3.63, 3.8) is 0 Å². The van der Waals surface area contributed by atoms with Crippen LogP contribution in [0.3, 0.4) is 0 Å². The van der Waals surface area contributed by atoms with Gasteiger partial charge < -0.3 is 11.1 Å². The van der Waals surface area contributed by atoms with Crippen molar-refractivity contribution in [2.24, 2.45) is 5.73 Å². The summed E-state index contributed by atoms with van der Waals surface area (Å²) in [6, 6.07) is 18.0. The molecule has 3 aromatic carbocycles. The normalized spacial score (nSPS) is 11.0. The van der Waals surface area contributed by atoms with Gasteiger partial charge in [-0.15, -0.1) is 0 Å². The van der Waals surface area contributed by atoms with Crippen LogP contribution in [0.15, 0.2) is 79.1 Å². The number of primary amides is 1. The smallest absolute Gasteiger partial charge is 0.259 e. The molecule has 184 valence electrons. The van der Waals surface area contributed by atoms with E-state index in [1.807, 2.05) is 18.2 Å². The first-order valence-electron chi connectivity index (χ1n) is 11.3. The summed E-state index contributed by atoms with van der Waals surface area (Å²) in [6.07, 6.45) is 2.99. The van der Waals surface area contributed by atoms with Gasteiger partial charge in [0.05, 0.1) is 23.2 Å². The SMILES string of the molecule is NC(=O)Cc1ccc2c(NC(=O)c3cc(-c4ncccn4)c(CF)cc3F)n(-c3ccccc3)nc2c1. The van der Waals surface area contributed by atoms with E-state index in [-0.39, 0.29) is 28.9 Å². The molecule has 0 fully saturated rings. The minimum Gasteiger partial charge on any atom is -0.369 e. The Morgan fingerprint density at radius 1 is 0.973 bits per heavy atom. The lowest BCUT2D eigenvalue weighted by Crippen LogP contribution is -2.17. The van der Waals surface area contributed by atoms with Crippen molar-refractivity contribution in [3.8, 4) is 17.1 Å². The predicted molar refractivity (Wildman–Crippen MR) is 134 cm³/mol. The number of nitrogens with zero attached hydrogens (tertiary/aromatic N) is 4. The first-order chi connectivity index (χ1) is 17.9. The molecule has 0 aliphatic heterocycles. The molecule has 0 radical (unpaired) electrons. The van der Waals surface area contributed by atoms with Crippen molar-refractivity contribution in [1.29, 1.82) is 0 Å². The molecule has 0 spiro atoms. The predicted octanol–water partition coefficient (Wildman–Crippen LogP) is 4.37. The van der Waals surface area contributed by atoms with E-state index in [1.54, 1.807) is 36.4 Å². The third-order valence-corrected chi connectivity index (χ3v) is 5.74. The van der Waals surface area contributed by atoms with Gasteiger partial charge in [-0.3, -0.25) is 9.59 Å². The highest BCUT2D eigenvalue weighted by Crippen LogP contribution is 2.30. The average Bonchev–Trinajstić information content (AvgIpc) is 3.26. The van der Waals surface area contributed by atoms with Crippen LogP contribution >= 0.6 is 0 Å². The molecule has 5 aromatic rings. The van der Waals surface area contributed by atoms with Crippen molar-refractivity contribution in [2.75, 3.05) is 5.32 Å². The van der Waals surface area contributed by atoms with E-state index in [2.05, 4.69) is 20.4 Å². The molecule has 37 heavy (non-hydrogen) atoms. The molecular weight excluding hydrogens is 478 g/mol. The summed E-state index contributed by atoms with van der Waals surface area (Å²) in [7, 11) is 0. The molecule has 3 N–H and O–H groups in total. The number of anilines is 1. The van der Waals surface area contributed by atoms with Gasteiger partial charge in [-0.2, -0.15) is 5.10 Å². The van der Waals surface area contributed by atoms with Gasteiger partial charge in [0.25, 0.3) is 5.91 Å². The molecule has 10 heteroatoms. The maximum atomic E-state index is 15.0. The molecule has 0 saturated heterocycles. The third kappa shape index (κ3) is 4.76. The van der Waals surface area contributed by atoms with E-state index in [9.17, 15) is 18.4 Å². The van der Waals surface area contributed by atoms with Gasteiger partial charge in [-0.05, 0) is 53.6 Å². The van der Waals surface area contributed by atoms with Gasteiger partial charge in [0, 0.05) is 23.3 Å². The molecule has 0 unspecified atom stereocenters. The molecule has 0 atom stereocenters. The minimum atomic E-state index is -0.953. The number of carbonyl (C=O) groups is 2. The Kier molecular flexibility index (Phi) is 6.38. The summed E-state index contributed by atoms with van der Waals surface area (Å²) in [6.45, 7) is -0.953. The van der Waals surface area contributed by atoms with E-state index in [4.69, 9.17) is 5.73 Å². The second-order valence-corrected chi connectivity index (χ2v) is 8.24. The van der Waals surface area contributed by atoms with Crippen molar-refractivity contribution in [2.45, 2.75) is 13.1 Å². The van der Waals surface area contributed by atoms with Crippen LogP contribution in [0.2, 0.25) is 0 Å². The van der Waals surface area contributed by atoms with Gasteiger partial charge in [-0.25, -0.2) is 23.4 Å². The summed E-state index contributed by atoms with van der Waals surface area (Å²) in [5, 5.41) is 7.93. The second-order valence-electron chi connectivity index (χ2n) is 8.24. The fourth-order valence-electron chi connectivity index (χ4n) is 4.04. The van der Waals surface area contributed by atoms with E-state index in [0.717, 1.165) is 6.07 Å². The number of amides is 2. The number of nitrogens with one attached hydrogen (secondary N) is 1. The molecule has 0 saturated carbocycles. The van der Waals surface area contributed by atoms with Gasteiger partial charge in [0.1, 0.15) is 18.3 Å². The number of hydrogen-bond acceptors (Lipinski definition) is 5. The molecule has 0 bridgehead atoms. The number of para-hydroxylation sites is 1. The Hall–Kier alpha value is -4.99. The Labute approximate surface area is 209 Å². The highest BCUT2D eigenvalue weighted by Gasteiger charge is 2.22. The van der Waals surface area contributed by atoms with Gasteiger partial charge in [0.15, 0.2) is 5.82 Å². The number of rotatable bonds is 7. The van der Waals surface area contributed by atoms with Gasteiger partial charge in [0.2, 0.25) is 5.91 Å².